The van der Waals surface area contributed by atoms with Crippen molar-refractivity contribution in [3.63, 3.8) is 0 Å². The molecule has 0 unspecified atom stereocenters. The summed E-state index contributed by atoms with van der Waals surface area (Å²) in [6, 6.07) is 19.0. The number of aryl methyl sites for hydroxylation is 2. The normalized spacial score (nSPS) is 11.4. The Bertz CT molecular complexity index is 1330. The standard InChI is InChI=1S/C27H24ClF3N2O3/c1-4-17-7-11-20(12-8-17)36-25-24(32-33(2)26(25)27(29,30)31)22-14-13-21(15-23(22)34-3)35-16-18-5-9-19(28)10-6-18/h5-15H,4,16H2,1-3H3. The second-order valence-electron chi connectivity index (χ2n) is 8.02. The minimum absolute atomic E-state index is 0.00509. The van der Waals surface area contributed by atoms with Crippen molar-refractivity contribution in [3.05, 3.63) is 88.6 Å². The Labute approximate surface area is 212 Å². The Morgan fingerprint density at radius 2 is 1.56 bits per heavy atom. The van der Waals surface area contributed by atoms with Crippen LogP contribution in [-0.4, -0.2) is 16.9 Å². The first-order chi connectivity index (χ1) is 17.2. The van der Waals surface area contributed by atoms with Gasteiger partial charge in [-0.2, -0.15) is 18.3 Å². The lowest BCUT2D eigenvalue weighted by Gasteiger charge is -2.14. The SMILES string of the molecule is CCc1ccc(Oc2c(-c3ccc(OCc4ccc(Cl)cc4)cc3OC)nn(C)c2C(F)(F)F)cc1. The molecule has 4 aromatic rings. The van der Waals surface area contributed by atoms with Gasteiger partial charge in [0.25, 0.3) is 0 Å². The van der Waals surface area contributed by atoms with Gasteiger partial charge in [0, 0.05) is 23.7 Å². The van der Waals surface area contributed by atoms with Gasteiger partial charge in [-0.1, -0.05) is 42.8 Å². The van der Waals surface area contributed by atoms with Gasteiger partial charge in [-0.25, -0.2) is 0 Å². The van der Waals surface area contributed by atoms with E-state index >= 15 is 0 Å². The van der Waals surface area contributed by atoms with Crippen molar-refractivity contribution in [3.8, 4) is 34.3 Å². The molecule has 188 valence electrons. The fourth-order valence-electron chi connectivity index (χ4n) is 3.70. The largest absolute Gasteiger partial charge is 0.496 e. The summed E-state index contributed by atoms with van der Waals surface area (Å²) in [4.78, 5) is 0. The van der Waals surface area contributed by atoms with E-state index in [1.54, 1.807) is 42.5 Å². The molecular weight excluding hydrogens is 493 g/mol. The van der Waals surface area contributed by atoms with Gasteiger partial charge in [-0.05, 0) is 53.9 Å². The maximum absolute atomic E-state index is 14.0. The molecule has 1 aromatic heterocycles. The molecule has 0 spiro atoms. The molecule has 0 aliphatic rings. The molecule has 5 nitrogen and oxygen atoms in total. The van der Waals surface area contributed by atoms with Crippen LogP contribution in [0.5, 0.6) is 23.0 Å². The Morgan fingerprint density at radius 3 is 2.17 bits per heavy atom. The lowest BCUT2D eigenvalue weighted by Crippen LogP contribution is -2.12. The van der Waals surface area contributed by atoms with Crippen molar-refractivity contribution in [2.75, 3.05) is 7.11 Å². The van der Waals surface area contributed by atoms with Crippen LogP contribution in [0.2, 0.25) is 5.02 Å². The van der Waals surface area contributed by atoms with Gasteiger partial charge in [0.15, 0.2) is 11.4 Å². The minimum Gasteiger partial charge on any atom is -0.496 e. The first-order valence-electron chi connectivity index (χ1n) is 11.2. The van der Waals surface area contributed by atoms with Crippen molar-refractivity contribution in [2.45, 2.75) is 26.1 Å². The summed E-state index contributed by atoms with van der Waals surface area (Å²) in [6.45, 7) is 2.27. The summed E-state index contributed by atoms with van der Waals surface area (Å²) in [6.07, 6.45) is -3.89. The number of aromatic nitrogens is 2. The number of nitrogens with zero attached hydrogens (tertiary/aromatic N) is 2. The highest BCUT2D eigenvalue weighted by molar-refractivity contribution is 6.30. The lowest BCUT2D eigenvalue weighted by atomic mass is 10.1. The molecule has 0 N–H and O–H groups in total. The Kier molecular flexibility index (Phi) is 7.45. The number of hydrogen-bond donors (Lipinski definition) is 0. The van der Waals surface area contributed by atoms with Crippen LogP contribution in [0.1, 0.15) is 23.7 Å². The van der Waals surface area contributed by atoms with Gasteiger partial charge in [0.05, 0.1) is 7.11 Å². The molecule has 0 atom stereocenters. The zero-order valence-electron chi connectivity index (χ0n) is 19.9. The molecular formula is C27H24ClF3N2O3. The molecule has 0 saturated carbocycles. The van der Waals surface area contributed by atoms with Crippen LogP contribution in [0.3, 0.4) is 0 Å². The highest BCUT2D eigenvalue weighted by atomic mass is 35.5. The molecule has 0 radical (unpaired) electrons. The summed E-state index contributed by atoms with van der Waals surface area (Å²) >= 11 is 5.92. The molecule has 3 aromatic carbocycles. The lowest BCUT2D eigenvalue weighted by molar-refractivity contribution is -0.144. The Balaban J connectivity index is 1.70. The second kappa shape index (κ2) is 10.5. The van der Waals surface area contributed by atoms with Crippen LogP contribution in [-0.2, 0) is 26.3 Å². The minimum atomic E-state index is -4.69. The molecule has 0 bridgehead atoms. The third kappa shape index (κ3) is 5.60. The first kappa shape index (κ1) is 25.4. The molecule has 0 amide bonds. The van der Waals surface area contributed by atoms with E-state index in [1.807, 2.05) is 31.2 Å². The monoisotopic (exact) mass is 516 g/mol. The summed E-state index contributed by atoms with van der Waals surface area (Å²) in [5.41, 5.74) is 1.29. The van der Waals surface area contributed by atoms with Crippen molar-refractivity contribution in [1.29, 1.82) is 0 Å². The number of ether oxygens (including phenoxy) is 3. The van der Waals surface area contributed by atoms with E-state index in [2.05, 4.69) is 5.10 Å². The summed E-state index contributed by atoms with van der Waals surface area (Å²) < 4.78 is 59.9. The topological polar surface area (TPSA) is 45.5 Å². The van der Waals surface area contributed by atoms with Crippen LogP contribution in [0.25, 0.3) is 11.3 Å². The van der Waals surface area contributed by atoms with Gasteiger partial charge in [0.1, 0.15) is 29.5 Å². The molecule has 0 aliphatic heterocycles. The zero-order valence-corrected chi connectivity index (χ0v) is 20.7. The van der Waals surface area contributed by atoms with E-state index in [-0.39, 0.29) is 18.1 Å². The van der Waals surface area contributed by atoms with E-state index in [1.165, 1.54) is 14.2 Å². The van der Waals surface area contributed by atoms with Crippen molar-refractivity contribution >= 4 is 11.6 Å². The Hall–Kier alpha value is -3.65. The van der Waals surface area contributed by atoms with Gasteiger partial charge in [0.2, 0.25) is 0 Å². The van der Waals surface area contributed by atoms with E-state index in [0.717, 1.165) is 22.2 Å². The van der Waals surface area contributed by atoms with Crippen molar-refractivity contribution in [1.82, 2.24) is 9.78 Å². The summed E-state index contributed by atoms with van der Waals surface area (Å²) in [5, 5.41) is 4.78. The average molecular weight is 517 g/mol. The van der Waals surface area contributed by atoms with E-state index in [0.29, 0.717) is 22.1 Å². The number of alkyl halides is 3. The number of hydrogen-bond acceptors (Lipinski definition) is 4. The van der Waals surface area contributed by atoms with Crippen molar-refractivity contribution in [2.24, 2.45) is 7.05 Å². The highest BCUT2D eigenvalue weighted by Gasteiger charge is 2.41. The third-order valence-corrected chi connectivity index (χ3v) is 5.82. The van der Waals surface area contributed by atoms with Crippen LogP contribution in [0.4, 0.5) is 13.2 Å². The second-order valence-corrected chi connectivity index (χ2v) is 8.46. The van der Waals surface area contributed by atoms with Gasteiger partial charge < -0.3 is 14.2 Å². The van der Waals surface area contributed by atoms with E-state index < -0.39 is 17.6 Å². The van der Waals surface area contributed by atoms with E-state index in [9.17, 15) is 13.2 Å². The molecule has 0 fully saturated rings. The van der Waals surface area contributed by atoms with Crippen LogP contribution >= 0.6 is 11.6 Å². The van der Waals surface area contributed by atoms with Crippen LogP contribution in [0, 0.1) is 0 Å². The maximum Gasteiger partial charge on any atom is 0.436 e. The van der Waals surface area contributed by atoms with Gasteiger partial charge >= 0.3 is 6.18 Å². The molecule has 0 saturated heterocycles. The quantitative estimate of drug-likeness (QED) is 0.241. The zero-order chi connectivity index (χ0) is 25.9. The fourth-order valence-corrected chi connectivity index (χ4v) is 3.83. The first-order valence-corrected chi connectivity index (χ1v) is 11.5. The van der Waals surface area contributed by atoms with Gasteiger partial charge in [-0.3, -0.25) is 4.68 Å². The predicted octanol–water partition coefficient (Wildman–Crippen LogP) is 7.70. The molecule has 0 aliphatic carbocycles. The smallest absolute Gasteiger partial charge is 0.436 e. The fraction of sp³-hybridized carbons (Fsp3) is 0.222. The van der Waals surface area contributed by atoms with E-state index in [4.69, 9.17) is 25.8 Å². The molecule has 1 heterocycles. The number of halogens is 4. The summed E-state index contributed by atoms with van der Waals surface area (Å²) in [7, 11) is 2.66. The average Bonchev–Trinajstić information content (AvgIpc) is 3.19. The maximum atomic E-state index is 14.0. The number of benzene rings is 3. The third-order valence-electron chi connectivity index (χ3n) is 5.57. The van der Waals surface area contributed by atoms with Crippen LogP contribution in [0.15, 0.2) is 66.7 Å². The van der Waals surface area contributed by atoms with Crippen LogP contribution < -0.4 is 14.2 Å². The molecule has 4 rings (SSSR count). The Morgan fingerprint density at radius 1 is 0.917 bits per heavy atom. The summed E-state index contributed by atoms with van der Waals surface area (Å²) in [5.74, 6) is 0.646. The number of rotatable bonds is 8. The number of methoxy groups -OCH3 is 1. The van der Waals surface area contributed by atoms with Crippen molar-refractivity contribution < 1.29 is 27.4 Å². The highest BCUT2D eigenvalue weighted by Crippen LogP contribution is 2.46. The molecule has 9 heteroatoms. The molecule has 36 heavy (non-hydrogen) atoms. The van der Waals surface area contributed by atoms with Gasteiger partial charge in [-0.15, -0.1) is 0 Å². The predicted molar refractivity (Wildman–Crippen MR) is 132 cm³/mol.